The van der Waals surface area contributed by atoms with E-state index in [4.69, 9.17) is 9.47 Å². The maximum atomic E-state index is 13.5. The van der Waals surface area contributed by atoms with Crippen LogP contribution in [0.4, 0.5) is 10.1 Å². The second kappa shape index (κ2) is 8.65. The number of thioether (sulfide) groups is 1. The molecule has 1 heterocycles. The number of anilines is 1. The topological polar surface area (TPSA) is 55.8 Å². The summed E-state index contributed by atoms with van der Waals surface area (Å²) >= 11 is 1.20. The molecule has 0 spiro atoms. The third-order valence-corrected chi connectivity index (χ3v) is 5.86. The maximum Gasteiger partial charge on any atom is 0.273 e. The number of carbonyl (C=O) groups is 2. The molecule has 0 saturated carbocycles. The summed E-state index contributed by atoms with van der Waals surface area (Å²) in [6, 6.07) is 19.7. The van der Waals surface area contributed by atoms with E-state index in [1.54, 1.807) is 18.2 Å². The Labute approximate surface area is 183 Å². The fraction of sp³-hybridized carbons (Fsp3) is 0.0833. The Morgan fingerprint density at radius 2 is 1.55 bits per heavy atom. The SMILES string of the molecule is COc1ccc(N2C(=O)C(Sc3ccccc3)=C(c3ccc(F)cc3)C2=O)c(OC)c1. The molecule has 3 aromatic carbocycles. The molecule has 5 nitrogen and oxygen atoms in total. The van der Waals surface area contributed by atoms with Gasteiger partial charge in [0.15, 0.2) is 0 Å². The number of nitrogens with zero attached hydrogens (tertiary/aromatic N) is 1. The van der Waals surface area contributed by atoms with Crippen molar-refractivity contribution in [1.82, 2.24) is 0 Å². The van der Waals surface area contributed by atoms with Crippen LogP contribution in [0.25, 0.3) is 5.57 Å². The molecule has 0 N–H and O–H groups in total. The van der Waals surface area contributed by atoms with Gasteiger partial charge >= 0.3 is 0 Å². The molecule has 3 aromatic rings. The van der Waals surface area contributed by atoms with Gasteiger partial charge in [0, 0.05) is 11.0 Å². The van der Waals surface area contributed by atoms with Crippen LogP contribution in [0.15, 0.2) is 82.6 Å². The second-order valence-electron chi connectivity index (χ2n) is 6.61. The van der Waals surface area contributed by atoms with Gasteiger partial charge in [-0.05, 0) is 42.0 Å². The highest BCUT2D eigenvalue weighted by molar-refractivity contribution is 8.04. The van der Waals surface area contributed by atoms with Gasteiger partial charge in [-0.1, -0.05) is 42.1 Å². The van der Waals surface area contributed by atoms with E-state index in [0.29, 0.717) is 22.7 Å². The molecule has 0 bridgehead atoms. The van der Waals surface area contributed by atoms with E-state index in [-0.39, 0.29) is 10.5 Å². The highest BCUT2D eigenvalue weighted by Gasteiger charge is 2.41. The normalized spacial score (nSPS) is 13.7. The van der Waals surface area contributed by atoms with Gasteiger partial charge in [-0.2, -0.15) is 0 Å². The summed E-state index contributed by atoms with van der Waals surface area (Å²) in [5, 5.41) is 0. The summed E-state index contributed by atoms with van der Waals surface area (Å²) in [4.78, 5) is 29.1. The Kier molecular flexibility index (Phi) is 5.77. The van der Waals surface area contributed by atoms with Crippen LogP contribution in [-0.4, -0.2) is 26.0 Å². The molecule has 156 valence electrons. The number of imide groups is 1. The van der Waals surface area contributed by atoms with Crippen molar-refractivity contribution in [1.29, 1.82) is 0 Å². The summed E-state index contributed by atoms with van der Waals surface area (Å²) in [5.74, 6) is -0.539. The number of hydrogen-bond donors (Lipinski definition) is 0. The lowest BCUT2D eigenvalue weighted by Gasteiger charge is -2.19. The molecule has 4 rings (SSSR count). The highest BCUT2D eigenvalue weighted by atomic mass is 32.2. The number of methoxy groups -OCH3 is 2. The van der Waals surface area contributed by atoms with E-state index in [2.05, 4.69) is 0 Å². The van der Waals surface area contributed by atoms with Gasteiger partial charge in [0.25, 0.3) is 11.8 Å². The second-order valence-corrected chi connectivity index (χ2v) is 7.69. The van der Waals surface area contributed by atoms with Crippen LogP contribution in [0.3, 0.4) is 0 Å². The van der Waals surface area contributed by atoms with Gasteiger partial charge < -0.3 is 9.47 Å². The molecule has 0 unspecified atom stereocenters. The zero-order valence-electron chi connectivity index (χ0n) is 16.8. The Morgan fingerprint density at radius 3 is 2.19 bits per heavy atom. The number of carbonyl (C=O) groups excluding carboxylic acids is 2. The van der Waals surface area contributed by atoms with Gasteiger partial charge in [0.1, 0.15) is 17.3 Å². The first-order valence-corrected chi connectivity index (χ1v) is 10.2. The standard InChI is InChI=1S/C24H18FNO4S/c1-29-17-12-13-19(20(14-17)30-2)26-23(27)21(15-8-10-16(25)11-9-15)22(24(26)28)31-18-6-4-3-5-7-18/h3-14H,1-2H3. The average Bonchev–Trinajstić information content (AvgIpc) is 3.04. The van der Waals surface area contributed by atoms with Crippen LogP contribution in [0.2, 0.25) is 0 Å². The first-order chi connectivity index (χ1) is 15.0. The smallest absolute Gasteiger partial charge is 0.273 e. The quantitative estimate of drug-likeness (QED) is 0.515. The maximum absolute atomic E-state index is 13.5. The van der Waals surface area contributed by atoms with Crippen LogP contribution < -0.4 is 14.4 Å². The number of ether oxygens (including phenoxy) is 2. The Balaban J connectivity index is 1.83. The van der Waals surface area contributed by atoms with E-state index < -0.39 is 17.6 Å². The Morgan fingerprint density at radius 1 is 0.839 bits per heavy atom. The number of halogens is 1. The summed E-state index contributed by atoms with van der Waals surface area (Å²) in [5.41, 5.74) is 0.992. The van der Waals surface area contributed by atoms with E-state index in [1.165, 1.54) is 50.2 Å². The minimum atomic E-state index is -0.501. The molecule has 0 fully saturated rings. The zero-order chi connectivity index (χ0) is 22.0. The number of hydrogen-bond acceptors (Lipinski definition) is 5. The lowest BCUT2D eigenvalue weighted by molar-refractivity contribution is -0.119. The molecule has 0 atom stereocenters. The molecule has 1 aliphatic rings. The Hall–Kier alpha value is -3.58. The number of amides is 2. The fourth-order valence-electron chi connectivity index (χ4n) is 3.27. The first-order valence-electron chi connectivity index (χ1n) is 9.37. The van der Waals surface area contributed by atoms with E-state index in [0.717, 1.165) is 9.80 Å². The molecular formula is C24H18FNO4S. The third kappa shape index (κ3) is 3.92. The molecule has 1 aliphatic heterocycles. The summed E-state index contributed by atoms with van der Waals surface area (Å²) in [6.07, 6.45) is 0. The Bertz CT molecular complexity index is 1180. The van der Waals surface area contributed by atoms with E-state index >= 15 is 0 Å². The van der Waals surface area contributed by atoms with Gasteiger partial charge in [0.05, 0.1) is 30.4 Å². The summed E-state index contributed by atoms with van der Waals surface area (Å²) < 4.78 is 24.1. The molecule has 0 aromatic heterocycles. The molecule has 7 heteroatoms. The molecule has 2 amide bonds. The van der Waals surface area contributed by atoms with Gasteiger partial charge in [-0.15, -0.1) is 0 Å². The molecule has 0 saturated heterocycles. The highest BCUT2D eigenvalue weighted by Crippen LogP contribution is 2.44. The average molecular weight is 435 g/mol. The first kappa shape index (κ1) is 20.7. The minimum Gasteiger partial charge on any atom is -0.497 e. The van der Waals surface area contributed by atoms with Crippen LogP contribution in [-0.2, 0) is 9.59 Å². The largest absolute Gasteiger partial charge is 0.497 e. The van der Waals surface area contributed by atoms with Crippen molar-refractivity contribution in [2.24, 2.45) is 0 Å². The van der Waals surface area contributed by atoms with Crippen LogP contribution in [0, 0.1) is 5.82 Å². The van der Waals surface area contributed by atoms with Gasteiger partial charge in [0.2, 0.25) is 0 Å². The van der Waals surface area contributed by atoms with Crippen molar-refractivity contribution in [2.75, 3.05) is 19.1 Å². The van der Waals surface area contributed by atoms with Crippen LogP contribution in [0.1, 0.15) is 5.56 Å². The number of benzene rings is 3. The van der Waals surface area contributed by atoms with Crippen LogP contribution >= 0.6 is 11.8 Å². The third-order valence-electron chi connectivity index (χ3n) is 4.77. The summed E-state index contributed by atoms with van der Waals surface area (Å²) in [7, 11) is 2.97. The van der Waals surface area contributed by atoms with Crippen molar-refractivity contribution >= 4 is 34.8 Å². The van der Waals surface area contributed by atoms with Crippen molar-refractivity contribution in [3.8, 4) is 11.5 Å². The predicted octanol–water partition coefficient (Wildman–Crippen LogP) is 4.92. The molecule has 0 radical (unpaired) electrons. The van der Waals surface area contributed by atoms with Crippen molar-refractivity contribution < 1.29 is 23.5 Å². The van der Waals surface area contributed by atoms with Crippen LogP contribution in [0.5, 0.6) is 11.5 Å². The number of rotatable bonds is 6. The zero-order valence-corrected chi connectivity index (χ0v) is 17.6. The van der Waals surface area contributed by atoms with Gasteiger partial charge in [-0.3, -0.25) is 9.59 Å². The minimum absolute atomic E-state index is 0.219. The molecule has 31 heavy (non-hydrogen) atoms. The predicted molar refractivity (Wildman–Crippen MR) is 118 cm³/mol. The van der Waals surface area contributed by atoms with Crippen molar-refractivity contribution in [3.63, 3.8) is 0 Å². The lowest BCUT2D eigenvalue weighted by atomic mass is 10.1. The van der Waals surface area contributed by atoms with Gasteiger partial charge in [-0.25, -0.2) is 9.29 Å². The van der Waals surface area contributed by atoms with Crippen molar-refractivity contribution in [3.05, 3.63) is 89.1 Å². The fourth-order valence-corrected chi connectivity index (χ4v) is 4.29. The van der Waals surface area contributed by atoms with E-state index in [9.17, 15) is 14.0 Å². The monoisotopic (exact) mass is 435 g/mol. The van der Waals surface area contributed by atoms with E-state index in [1.807, 2.05) is 30.3 Å². The lowest BCUT2D eigenvalue weighted by Crippen LogP contribution is -2.31. The molecular weight excluding hydrogens is 417 g/mol. The summed E-state index contributed by atoms with van der Waals surface area (Å²) in [6.45, 7) is 0. The van der Waals surface area contributed by atoms with Crippen molar-refractivity contribution in [2.45, 2.75) is 4.90 Å². The molecule has 0 aliphatic carbocycles.